The van der Waals surface area contributed by atoms with Crippen LogP contribution in [0, 0.1) is 34.5 Å². The van der Waals surface area contributed by atoms with Gasteiger partial charge in [0.25, 0.3) is 0 Å². The molecule has 4 fully saturated rings. The molecule has 0 bridgehead atoms. The molecule has 1 aromatic carbocycles. The van der Waals surface area contributed by atoms with Gasteiger partial charge >= 0.3 is 12.1 Å². The molecule has 1 aromatic rings. The summed E-state index contributed by atoms with van der Waals surface area (Å²) in [6.07, 6.45) is -2.96. The van der Waals surface area contributed by atoms with Gasteiger partial charge in [-0.2, -0.15) is 13.2 Å². The summed E-state index contributed by atoms with van der Waals surface area (Å²) in [5, 5.41) is 11.1. The van der Waals surface area contributed by atoms with Gasteiger partial charge in [0.05, 0.1) is 23.3 Å². The smallest absolute Gasteiger partial charge is 0.416 e. The first kappa shape index (κ1) is 34.0. The minimum Gasteiger partial charge on any atom is -0.449 e. The number of carbonyl (C=O) groups excluding carboxylic acids is 4. The van der Waals surface area contributed by atoms with Gasteiger partial charge in [-0.05, 0) is 74.8 Å². The lowest BCUT2D eigenvalue weighted by Gasteiger charge is -2.63. The number of thioether (sulfide) groups is 1. The van der Waals surface area contributed by atoms with Crippen molar-refractivity contribution < 1.29 is 51.0 Å². The summed E-state index contributed by atoms with van der Waals surface area (Å²) >= 11 is 0.575. The second kappa shape index (κ2) is 11.4. The lowest BCUT2D eigenvalue weighted by atomic mass is 9.44. The van der Waals surface area contributed by atoms with Crippen LogP contribution in [0.1, 0.15) is 75.2 Å². The number of allylic oxidation sites excluding steroid dienone is 4. The maximum absolute atomic E-state index is 17.7. The van der Waals surface area contributed by atoms with Crippen molar-refractivity contribution in [3.8, 4) is 0 Å². The van der Waals surface area contributed by atoms with Crippen LogP contribution in [-0.2, 0) is 25.3 Å². The van der Waals surface area contributed by atoms with E-state index in [9.17, 15) is 37.5 Å². The van der Waals surface area contributed by atoms with Crippen molar-refractivity contribution in [1.82, 2.24) is 0 Å². The monoisotopic (exact) mass is 680 g/mol. The molecule has 5 aliphatic carbocycles. The number of rotatable bonds is 6. The Morgan fingerprint density at radius 2 is 1.72 bits per heavy atom. The van der Waals surface area contributed by atoms with Gasteiger partial charge in [0.1, 0.15) is 6.17 Å². The molecule has 0 amide bonds. The zero-order chi connectivity index (χ0) is 34.3. The number of hydrogen-bond donors (Lipinski definition) is 1. The van der Waals surface area contributed by atoms with E-state index in [1.807, 2.05) is 0 Å². The van der Waals surface area contributed by atoms with E-state index < -0.39 is 98.2 Å². The first-order valence-electron chi connectivity index (χ1n) is 16.0. The summed E-state index contributed by atoms with van der Waals surface area (Å²) in [5.74, 6) is -5.12. The average Bonchev–Trinajstić information content (AvgIpc) is 3.19. The molecule has 5 aliphatic rings. The number of ketones is 2. The van der Waals surface area contributed by atoms with Crippen LogP contribution in [-0.4, -0.2) is 57.1 Å². The lowest BCUT2D eigenvalue weighted by Crippen LogP contribution is -2.70. The highest BCUT2D eigenvalue weighted by molar-refractivity contribution is 8.14. The van der Waals surface area contributed by atoms with Crippen LogP contribution in [0.5, 0.6) is 0 Å². The lowest BCUT2D eigenvalue weighted by molar-refractivity contribution is -0.230. The first-order valence-corrected chi connectivity index (χ1v) is 17.0. The zero-order valence-electron chi connectivity index (χ0n) is 26.2. The number of aliphatic hydroxyl groups excluding tert-OH is 1. The van der Waals surface area contributed by atoms with Crippen molar-refractivity contribution in [2.24, 2.45) is 34.5 Å². The van der Waals surface area contributed by atoms with Crippen LogP contribution in [0.2, 0.25) is 0 Å². The number of aliphatic hydroxyl groups is 1. The normalized spacial score (nSPS) is 39.6. The summed E-state index contributed by atoms with van der Waals surface area (Å²) in [4.78, 5) is 53.1. The summed E-state index contributed by atoms with van der Waals surface area (Å²) in [7, 11) is 0. The van der Waals surface area contributed by atoms with Gasteiger partial charge in [-0.15, -0.1) is 0 Å². The number of alkyl halides is 5. The highest BCUT2D eigenvalue weighted by atomic mass is 32.2. The largest absolute Gasteiger partial charge is 0.449 e. The second-order valence-electron chi connectivity index (χ2n) is 14.4. The number of fused-ring (bicyclic) bond motifs is 5. The van der Waals surface area contributed by atoms with Crippen LogP contribution in [0.25, 0.3) is 0 Å². The fraction of sp³-hybridized carbons (Fsp3) is 0.600. The van der Waals surface area contributed by atoms with Gasteiger partial charge in [-0.25, -0.2) is 8.78 Å². The highest BCUT2D eigenvalue weighted by Gasteiger charge is 2.78. The maximum Gasteiger partial charge on any atom is 0.416 e. The van der Waals surface area contributed by atoms with Crippen molar-refractivity contribution in [3.05, 3.63) is 59.2 Å². The molecule has 4 saturated carbocycles. The molecule has 0 heterocycles. The molecule has 1 N–H and O–H groups in total. The van der Waals surface area contributed by atoms with Crippen LogP contribution < -0.4 is 0 Å². The molecule has 0 aromatic heterocycles. The van der Waals surface area contributed by atoms with Crippen molar-refractivity contribution >= 4 is 34.4 Å². The highest BCUT2D eigenvalue weighted by Crippen LogP contribution is 2.72. The van der Waals surface area contributed by atoms with E-state index in [1.165, 1.54) is 19.1 Å². The molecule has 12 heteroatoms. The fourth-order valence-electron chi connectivity index (χ4n) is 9.27. The van der Waals surface area contributed by atoms with Crippen molar-refractivity contribution in [3.63, 3.8) is 0 Å². The third-order valence-corrected chi connectivity index (χ3v) is 13.0. The fourth-order valence-corrected chi connectivity index (χ4v) is 10.4. The van der Waals surface area contributed by atoms with Crippen LogP contribution >= 0.6 is 11.8 Å². The van der Waals surface area contributed by atoms with E-state index in [4.69, 9.17) is 4.74 Å². The summed E-state index contributed by atoms with van der Waals surface area (Å²) < 4.78 is 78.9. The Balaban J connectivity index is 1.35. The topological polar surface area (TPSA) is 97.7 Å². The molecule has 254 valence electrons. The van der Waals surface area contributed by atoms with Crippen molar-refractivity contribution in [1.29, 1.82) is 0 Å². The molecule has 0 unspecified atom stereocenters. The van der Waals surface area contributed by atoms with E-state index in [1.54, 1.807) is 13.8 Å². The number of ether oxygens (including phenoxy) is 1. The quantitative estimate of drug-likeness (QED) is 0.201. The van der Waals surface area contributed by atoms with Crippen LogP contribution in [0.3, 0.4) is 0 Å². The molecule has 0 spiro atoms. The molecule has 0 saturated heterocycles. The van der Waals surface area contributed by atoms with Crippen molar-refractivity contribution in [2.75, 3.05) is 5.75 Å². The van der Waals surface area contributed by atoms with E-state index in [0.29, 0.717) is 24.6 Å². The Kier molecular flexibility index (Phi) is 8.22. The third-order valence-electron chi connectivity index (χ3n) is 12.0. The Labute approximate surface area is 273 Å². The van der Waals surface area contributed by atoms with E-state index in [2.05, 4.69) is 0 Å². The van der Waals surface area contributed by atoms with Crippen LogP contribution in [0.4, 0.5) is 22.0 Å². The molecular weight excluding hydrogens is 643 g/mol. The average molecular weight is 681 g/mol. The van der Waals surface area contributed by atoms with Crippen LogP contribution in [0.15, 0.2) is 48.1 Å². The summed E-state index contributed by atoms with van der Waals surface area (Å²) in [6.45, 7) is 4.83. The molecule has 6 nitrogen and oxygen atoms in total. The number of esters is 1. The van der Waals surface area contributed by atoms with Gasteiger partial charge in [-0.1, -0.05) is 50.2 Å². The Hall–Kier alpha value is -2.86. The number of Topliss-reactive ketones (excluding diaryl/α,β-unsaturated/α-hetero) is 1. The number of carbonyl (C=O) groups is 4. The van der Waals surface area contributed by atoms with Gasteiger partial charge in [0, 0.05) is 28.2 Å². The standard InChI is InChI=1S/C35H37F5O6S/c1-18-13-23-24-15-26(36)25-14-22(41)11-12-31(25,2)33(24,37)28(43)16-32(23,3)34(18,46-29(44)20-5-4-6-20)30(45)47-17-27(42)19-7-9-21(10-8-19)35(38,39)40/h7-12,14,18,20,23-24,26,28,43H,4-6,13,15-17H2,1-3H3/t18-,23+,24+,26+,28+,31+,32+,33+,34+/m1/s1. The first-order chi connectivity index (χ1) is 21.9. The minimum atomic E-state index is -4.59. The molecule has 0 aliphatic heterocycles. The maximum atomic E-state index is 17.7. The van der Waals surface area contributed by atoms with E-state index >= 15 is 8.78 Å². The minimum absolute atomic E-state index is 0.0338. The third kappa shape index (κ3) is 4.89. The SMILES string of the molecule is C[C@@H]1C[C@H]2[C@@H]3C[C@H](F)C4=CC(=O)C=C[C@]4(C)[C@@]3(F)[C@@H](O)C[C@]2(C)[C@@]1(OC(=O)C1CCC1)C(=O)SCC(=O)c1ccc(C(F)(F)F)cc1. The Bertz CT molecular complexity index is 1570. The molecule has 6 rings (SSSR count). The Morgan fingerprint density at radius 1 is 1.06 bits per heavy atom. The zero-order valence-corrected chi connectivity index (χ0v) is 27.1. The number of hydrogen-bond acceptors (Lipinski definition) is 7. The molecule has 9 atom stereocenters. The van der Waals surface area contributed by atoms with E-state index in [0.717, 1.165) is 36.8 Å². The van der Waals surface area contributed by atoms with Gasteiger partial charge in [0.2, 0.25) is 5.12 Å². The van der Waals surface area contributed by atoms with Gasteiger partial charge in [-0.3, -0.25) is 19.2 Å². The van der Waals surface area contributed by atoms with Crippen molar-refractivity contribution in [2.45, 2.75) is 89.0 Å². The van der Waals surface area contributed by atoms with Gasteiger partial charge < -0.3 is 9.84 Å². The molecule has 47 heavy (non-hydrogen) atoms. The predicted molar refractivity (Wildman–Crippen MR) is 163 cm³/mol. The molecular formula is C35H37F5O6S. The van der Waals surface area contributed by atoms with E-state index in [-0.39, 0.29) is 30.4 Å². The second-order valence-corrected chi connectivity index (χ2v) is 15.3. The number of benzene rings is 1. The molecule has 0 radical (unpaired) electrons. The van der Waals surface area contributed by atoms with Gasteiger partial charge in [0.15, 0.2) is 22.8 Å². The predicted octanol–water partition coefficient (Wildman–Crippen LogP) is 6.79. The summed E-state index contributed by atoms with van der Waals surface area (Å²) in [6, 6.07) is 3.62. The Morgan fingerprint density at radius 3 is 2.32 bits per heavy atom. The number of halogens is 5. The summed E-state index contributed by atoms with van der Waals surface area (Å²) in [5.41, 5.74) is -8.29.